The maximum atomic E-state index is 8.41. The van der Waals surface area contributed by atoms with Gasteiger partial charge in [-0.2, -0.15) is 5.26 Å². The highest BCUT2D eigenvalue weighted by atomic mass is 15.1. The third-order valence-corrected chi connectivity index (χ3v) is 2.36. The number of likely N-dealkylation sites (tertiary alicyclic amines) is 1. The summed E-state index contributed by atoms with van der Waals surface area (Å²) in [4.78, 5) is 2.22. The number of nitrogens with zero attached hydrogens (tertiary/aromatic N) is 2. The first-order chi connectivity index (χ1) is 4.74. The van der Waals surface area contributed by atoms with Gasteiger partial charge in [-0.3, -0.25) is 4.90 Å². The van der Waals surface area contributed by atoms with Crippen LogP contribution in [0.3, 0.4) is 0 Å². The molecule has 0 aliphatic carbocycles. The summed E-state index contributed by atoms with van der Waals surface area (Å²) in [5.41, 5.74) is 0. The SMILES string of the molecule is CC1CN(CC#N)CC1C. The first-order valence-corrected chi connectivity index (χ1v) is 3.83. The molecular weight excluding hydrogens is 124 g/mol. The van der Waals surface area contributed by atoms with Gasteiger partial charge >= 0.3 is 0 Å². The zero-order chi connectivity index (χ0) is 7.56. The number of hydrogen-bond acceptors (Lipinski definition) is 2. The highest BCUT2D eigenvalue weighted by Crippen LogP contribution is 2.20. The van der Waals surface area contributed by atoms with Gasteiger partial charge in [-0.05, 0) is 11.8 Å². The molecule has 0 aromatic heterocycles. The summed E-state index contributed by atoms with van der Waals surface area (Å²) in [6.45, 7) is 7.32. The predicted octanol–water partition coefficient (Wildman–Crippen LogP) is 1.10. The molecule has 1 heterocycles. The summed E-state index contributed by atoms with van der Waals surface area (Å²) in [5.74, 6) is 1.54. The van der Waals surface area contributed by atoms with Crippen molar-refractivity contribution in [3.05, 3.63) is 0 Å². The van der Waals surface area contributed by atoms with Gasteiger partial charge in [-0.1, -0.05) is 13.8 Å². The zero-order valence-electron chi connectivity index (χ0n) is 6.67. The van der Waals surface area contributed by atoms with Crippen LogP contribution in [0.5, 0.6) is 0 Å². The standard InChI is InChI=1S/C8H14N2/c1-7-5-10(4-3-9)6-8(7)2/h7-8H,4-6H2,1-2H3. The van der Waals surface area contributed by atoms with E-state index in [9.17, 15) is 0 Å². The molecule has 1 aliphatic rings. The third-order valence-electron chi connectivity index (χ3n) is 2.36. The van der Waals surface area contributed by atoms with Crippen LogP contribution in [-0.4, -0.2) is 24.5 Å². The lowest BCUT2D eigenvalue weighted by atomic mass is 10.0. The zero-order valence-corrected chi connectivity index (χ0v) is 6.67. The Labute approximate surface area is 62.4 Å². The normalized spacial score (nSPS) is 34.1. The van der Waals surface area contributed by atoms with E-state index < -0.39 is 0 Å². The van der Waals surface area contributed by atoms with E-state index in [1.165, 1.54) is 0 Å². The topological polar surface area (TPSA) is 27.0 Å². The summed E-state index contributed by atoms with van der Waals surface area (Å²) in [7, 11) is 0. The second-order valence-corrected chi connectivity index (χ2v) is 3.31. The summed E-state index contributed by atoms with van der Waals surface area (Å²) in [5, 5.41) is 8.41. The molecule has 0 radical (unpaired) electrons. The molecule has 0 N–H and O–H groups in total. The van der Waals surface area contributed by atoms with Crippen LogP contribution in [0.1, 0.15) is 13.8 Å². The lowest BCUT2D eigenvalue weighted by Crippen LogP contribution is -2.20. The molecule has 1 fully saturated rings. The van der Waals surface area contributed by atoms with Crippen molar-refractivity contribution in [2.24, 2.45) is 11.8 Å². The molecule has 10 heavy (non-hydrogen) atoms. The lowest BCUT2D eigenvalue weighted by Gasteiger charge is -2.08. The first-order valence-electron chi connectivity index (χ1n) is 3.83. The minimum Gasteiger partial charge on any atom is -0.290 e. The molecule has 56 valence electrons. The van der Waals surface area contributed by atoms with Gasteiger partial charge in [0.1, 0.15) is 0 Å². The second kappa shape index (κ2) is 3.03. The Morgan fingerprint density at radius 1 is 1.40 bits per heavy atom. The van der Waals surface area contributed by atoms with Crippen LogP contribution in [-0.2, 0) is 0 Å². The van der Waals surface area contributed by atoms with Crippen molar-refractivity contribution in [3.8, 4) is 6.07 Å². The van der Waals surface area contributed by atoms with E-state index in [0.29, 0.717) is 6.54 Å². The van der Waals surface area contributed by atoms with Gasteiger partial charge in [0, 0.05) is 13.1 Å². The smallest absolute Gasteiger partial charge is 0.0866 e. The van der Waals surface area contributed by atoms with Crippen molar-refractivity contribution < 1.29 is 0 Å². The Balaban J connectivity index is 2.35. The Morgan fingerprint density at radius 2 is 1.90 bits per heavy atom. The average Bonchev–Trinajstić information content (AvgIpc) is 2.14. The molecule has 2 unspecified atom stereocenters. The van der Waals surface area contributed by atoms with Crippen molar-refractivity contribution in [3.63, 3.8) is 0 Å². The van der Waals surface area contributed by atoms with Gasteiger partial charge in [-0.15, -0.1) is 0 Å². The molecule has 0 bridgehead atoms. The molecule has 1 aliphatic heterocycles. The van der Waals surface area contributed by atoms with Gasteiger partial charge in [0.05, 0.1) is 12.6 Å². The number of nitriles is 1. The largest absolute Gasteiger partial charge is 0.290 e. The Hall–Kier alpha value is -0.550. The lowest BCUT2D eigenvalue weighted by molar-refractivity contribution is 0.364. The predicted molar refractivity (Wildman–Crippen MR) is 40.4 cm³/mol. The highest BCUT2D eigenvalue weighted by Gasteiger charge is 2.24. The molecule has 0 amide bonds. The van der Waals surface area contributed by atoms with Crippen LogP contribution in [0.4, 0.5) is 0 Å². The molecule has 2 atom stereocenters. The van der Waals surface area contributed by atoms with E-state index in [4.69, 9.17) is 5.26 Å². The minimum absolute atomic E-state index is 0.606. The van der Waals surface area contributed by atoms with Crippen molar-refractivity contribution in [1.29, 1.82) is 5.26 Å². The van der Waals surface area contributed by atoms with Gasteiger partial charge in [0.15, 0.2) is 0 Å². The number of hydrogen-bond donors (Lipinski definition) is 0. The second-order valence-electron chi connectivity index (χ2n) is 3.31. The van der Waals surface area contributed by atoms with Crippen LogP contribution in [0.15, 0.2) is 0 Å². The molecule has 0 aromatic carbocycles. The van der Waals surface area contributed by atoms with Crippen LogP contribution in [0.25, 0.3) is 0 Å². The van der Waals surface area contributed by atoms with Crippen LogP contribution in [0.2, 0.25) is 0 Å². The van der Waals surface area contributed by atoms with E-state index in [0.717, 1.165) is 24.9 Å². The third kappa shape index (κ3) is 1.48. The summed E-state index contributed by atoms with van der Waals surface area (Å²) < 4.78 is 0. The van der Waals surface area contributed by atoms with E-state index in [2.05, 4.69) is 24.8 Å². The summed E-state index contributed by atoms with van der Waals surface area (Å²) in [6.07, 6.45) is 0. The van der Waals surface area contributed by atoms with Gasteiger partial charge in [0.2, 0.25) is 0 Å². The van der Waals surface area contributed by atoms with E-state index >= 15 is 0 Å². The maximum Gasteiger partial charge on any atom is 0.0866 e. The van der Waals surface area contributed by atoms with Crippen molar-refractivity contribution in [2.45, 2.75) is 13.8 Å². The molecule has 2 nitrogen and oxygen atoms in total. The van der Waals surface area contributed by atoms with E-state index in [1.807, 2.05) is 0 Å². The monoisotopic (exact) mass is 138 g/mol. The fourth-order valence-corrected chi connectivity index (χ4v) is 1.48. The molecular formula is C8H14N2. The molecule has 0 spiro atoms. The Morgan fingerprint density at radius 3 is 2.30 bits per heavy atom. The quantitative estimate of drug-likeness (QED) is 0.507. The van der Waals surface area contributed by atoms with Crippen LogP contribution in [0, 0.1) is 23.2 Å². The van der Waals surface area contributed by atoms with Gasteiger partial charge in [-0.25, -0.2) is 0 Å². The van der Waals surface area contributed by atoms with Crippen molar-refractivity contribution in [1.82, 2.24) is 4.90 Å². The van der Waals surface area contributed by atoms with Crippen LogP contribution < -0.4 is 0 Å². The Kier molecular flexibility index (Phi) is 2.29. The van der Waals surface area contributed by atoms with Gasteiger partial charge < -0.3 is 0 Å². The van der Waals surface area contributed by atoms with E-state index in [-0.39, 0.29) is 0 Å². The molecule has 2 heteroatoms. The summed E-state index contributed by atoms with van der Waals surface area (Å²) >= 11 is 0. The van der Waals surface area contributed by atoms with E-state index in [1.54, 1.807) is 0 Å². The molecule has 1 saturated heterocycles. The van der Waals surface area contributed by atoms with Crippen LogP contribution >= 0.6 is 0 Å². The average molecular weight is 138 g/mol. The fraction of sp³-hybridized carbons (Fsp3) is 0.875. The molecule has 0 saturated carbocycles. The first kappa shape index (κ1) is 7.56. The van der Waals surface area contributed by atoms with Crippen molar-refractivity contribution in [2.75, 3.05) is 19.6 Å². The fourth-order valence-electron chi connectivity index (χ4n) is 1.48. The minimum atomic E-state index is 0.606. The molecule has 0 aromatic rings. The maximum absolute atomic E-state index is 8.41. The number of rotatable bonds is 1. The molecule has 1 rings (SSSR count). The van der Waals surface area contributed by atoms with Crippen molar-refractivity contribution >= 4 is 0 Å². The summed E-state index contributed by atoms with van der Waals surface area (Å²) in [6, 6.07) is 2.18. The van der Waals surface area contributed by atoms with Gasteiger partial charge in [0.25, 0.3) is 0 Å². The Bertz CT molecular complexity index is 138. The highest BCUT2D eigenvalue weighted by molar-refractivity contribution is 4.84.